The molecule has 0 aliphatic carbocycles. The second-order valence-corrected chi connectivity index (χ2v) is 10.5. The zero-order valence-corrected chi connectivity index (χ0v) is 23.7. The van der Waals surface area contributed by atoms with Crippen molar-refractivity contribution in [2.45, 2.75) is 50.7 Å². The molecule has 0 saturated heterocycles. The van der Waals surface area contributed by atoms with Crippen LogP contribution in [-0.4, -0.2) is 52.7 Å². The first-order valence-electron chi connectivity index (χ1n) is 13.0. The third kappa shape index (κ3) is 7.04. The molecule has 0 radical (unpaired) electrons. The number of hydrogen-bond acceptors (Lipinski definition) is 7. The Morgan fingerprint density at radius 2 is 1.71 bits per heavy atom. The van der Waals surface area contributed by atoms with Crippen molar-refractivity contribution >= 4 is 63.3 Å². The van der Waals surface area contributed by atoms with Crippen molar-refractivity contribution in [1.82, 2.24) is 5.32 Å². The van der Waals surface area contributed by atoms with E-state index in [4.69, 9.17) is 32.8 Å². The van der Waals surface area contributed by atoms with E-state index in [0.29, 0.717) is 18.6 Å². The highest BCUT2D eigenvalue weighted by molar-refractivity contribution is 6.39. The number of benzene rings is 3. The number of carbonyl (C=O) groups is 4. The Kier molecular flexibility index (Phi) is 9.62. The van der Waals surface area contributed by atoms with Crippen molar-refractivity contribution in [3.63, 3.8) is 0 Å². The number of Topliss-reactive ketones (excluding diaryl/α,β-unsaturated/α-hetero) is 1. The van der Waals surface area contributed by atoms with Crippen LogP contribution in [0.2, 0.25) is 10.0 Å². The Labute approximate surface area is 246 Å². The van der Waals surface area contributed by atoms with Crippen LogP contribution in [0.4, 0.5) is 0 Å². The number of esters is 1. The van der Waals surface area contributed by atoms with Crippen LogP contribution in [0.5, 0.6) is 0 Å². The smallest absolute Gasteiger partial charge is 0.341 e. The lowest BCUT2D eigenvalue weighted by Gasteiger charge is -2.26. The monoisotopic (exact) mass is 598 g/mol. The van der Waals surface area contributed by atoms with Crippen molar-refractivity contribution in [3.8, 4) is 0 Å². The van der Waals surface area contributed by atoms with Crippen molar-refractivity contribution < 1.29 is 33.9 Å². The number of nitrogens with one attached hydrogen (secondary N) is 1. The summed E-state index contributed by atoms with van der Waals surface area (Å²) in [6.45, 7) is 0.942. The van der Waals surface area contributed by atoms with Gasteiger partial charge in [-0.3, -0.25) is 14.4 Å². The molecule has 4 rings (SSSR count). The number of ether oxygens (including phenoxy) is 1. The summed E-state index contributed by atoms with van der Waals surface area (Å²) in [4.78, 5) is 55.8. The molecule has 0 spiro atoms. The lowest BCUT2D eigenvalue weighted by molar-refractivity contribution is -0.148. The lowest BCUT2D eigenvalue weighted by Crippen LogP contribution is -2.53. The molecule has 0 fully saturated rings. The van der Waals surface area contributed by atoms with Gasteiger partial charge in [-0.25, -0.2) is 4.79 Å². The largest absolute Gasteiger partial charge is 0.481 e. The van der Waals surface area contributed by atoms with Crippen LogP contribution >= 0.6 is 23.2 Å². The highest BCUT2D eigenvalue weighted by Gasteiger charge is 2.46. The standard InChI is InChI=1S/C30H28Cl2N2O7/c1-2-30(16-20(34-41-30)14-13-19-9-5-8-18-7-3-4-10-21(18)19)29(39)33-24(15-26(36)37)25(35)17-40-28(38)27-22(31)11-6-12-23(27)32/h3-12,24H,2,13-17H2,1H3,(H,33,39)(H,36,37). The first-order chi connectivity index (χ1) is 19.6. The van der Waals surface area contributed by atoms with Gasteiger partial charge in [0, 0.05) is 6.42 Å². The number of amides is 1. The van der Waals surface area contributed by atoms with Gasteiger partial charge in [-0.1, -0.05) is 83.8 Å². The van der Waals surface area contributed by atoms with E-state index in [9.17, 15) is 24.3 Å². The topological polar surface area (TPSA) is 131 Å². The summed E-state index contributed by atoms with van der Waals surface area (Å²) in [7, 11) is 0. The van der Waals surface area contributed by atoms with Gasteiger partial charge in [-0.15, -0.1) is 0 Å². The highest BCUT2D eigenvalue weighted by atomic mass is 35.5. The summed E-state index contributed by atoms with van der Waals surface area (Å²) in [6.07, 6.45) is 0.943. The molecular weight excluding hydrogens is 571 g/mol. The molecule has 0 saturated carbocycles. The number of carbonyl (C=O) groups excluding carboxylic acids is 3. The molecular formula is C30H28Cl2N2O7. The number of aryl methyl sites for hydroxylation is 1. The minimum absolute atomic E-state index is 0.0323. The number of carboxylic acids is 1. The molecule has 9 nitrogen and oxygen atoms in total. The van der Waals surface area contributed by atoms with E-state index in [1.54, 1.807) is 13.0 Å². The number of carboxylic acid groups (broad SMARTS) is 1. The van der Waals surface area contributed by atoms with Gasteiger partial charge in [0.15, 0.2) is 12.4 Å². The maximum Gasteiger partial charge on any atom is 0.341 e. The molecule has 1 aliphatic heterocycles. The molecule has 1 aliphatic rings. The zero-order valence-electron chi connectivity index (χ0n) is 22.2. The average molecular weight is 599 g/mol. The van der Waals surface area contributed by atoms with Crippen LogP contribution in [0.15, 0.2) is 65.8 Å². The van der Waals surface area contributed by atoms with E-state index in [-0.39, 0.29) is 28.5 Å². The number of rotatable bonds is 12. The number of fused-ring (bicyclic) bond motifs is 1. The van der Waals surface area contributed by atoms with Crippen LogP contribution < -0.4 is 5.32 Å². The molecule has 11 heteroatoms. The van der Waals surface area contributed by atoms with E-state index in [2.05, 4.69) is 16.5 Å². The summed E-state index contributed by atoms with van der Waals surface area (Å²) in [6, 6.07) is 17.1. The fourth-order valence-electron chi connectivity index (χ4n) is 4.65. The van der Waals surface area contributed by atoms with Crippen LogP contribution in [0.25, 0.3) is 10.8 Å². The summed E-state index contributed by atoms with van der Waals surface area (Å²) in [5.74, 6) is -3.78. The number of oxime groups is 1. The van der Waals surface area contributed by atoms with Gasteiger partial charge >= 0.3 is 11.9 Å². The minimum atomic E-state index is -1.47. The van der Waals surface area contributed by atoms with Gasteiger partial charge in [-0.05, 0) is 47.7 Å². The van der Waals surface area contributed by atoms with E-state index >= 15 is 0 Å². The van der Waals surface area contributed by atoms with Gasteiger partial charge in [0.05, 0.1) is 27.7 Å². The zero-order chi connectivity index (χ0) is 29.6. The second-order valence-electron chi connectivity index (χ2n) is 9.67. The Morgan fingerprint density at radius 1 is 1.02 bits per heavy atom. The maximum atomic E-state index is 13.3. The Balaban J connectivity index is 1.38. The van der Waals surface area contributed by atoms with E-state index in [1.165, 1.54) is 12.1 Å². The van der Waals surface area contributed by atoms with Crippen LogP contribution in [-0.2, 0) is 30.4 Å². The van der Waals surface area contributed by atoms with E-state index < -0.39 is 48.3 Å². The van der Waals surface area contributed by atoms with Crippen LogP contribution in [0.3, 0.4) is 0 Å². The lowest BCUT2D eigenvalue weighted by atomic mass is 9.90. The van der Waals surface area contributed by atoms with Crippen molar-refractivity contribution in [1.29, 1.82) is 0 Å². The van der Waals surface area contributed by atoms with Gasteiger partial charge in [0.2, 0.25) is 5.60 Å². The van der Waals surface area contributed by atoms with Crippen molar-refractivity contribution in [2.24, 2.45) is 5.16 Å². The minimum Gasteiger partial charge on any atom is -0.481 e. The molecule has 41 heavy (non-hydrogen) atoms. The van der Waals surface area contributed by atoms with E-state index in [1.807, 2.05) is 36.4 Å². The molecule has 0 bridgehead atoms. The number of halogens is 2. The average Bonchev–Trinajstić information content (AvgIpc) is 3.39. The van der Waals surface area contributed by atoms with Gasteiger partial charge in [0.1, 0.15) is 6.04 Å². The Morgan fingerprint density at radius 3 is 2.41 bits per heavy atom. The molecule has 2 atom stereocenters. The Bertz CT molecular complexity index is 1500. The van der Waals surface area contributed by atoms with Crippen molar-refractivity contribution in [2.75, 3.05) is 6.61 Å². The quantitative estimate of drug-likeness (QED) is 0.267. The predicted octanol–water partition coefficient (Wildman–Crippen LogP) is 5.39. The number of ketones is 1. The van der Waals surface area contributed by atoms with Gasteiger partial charge in [0.25, 0.3) is 5.91 Å². The molecule has 2 N–H and O–H groups in total. The predicted molar refractivity (Wildman–Crippen MR) is 154 cm³/mol. The SMILES string of the molecule is CCC1(C(=O)NC(CC(=O)O)C(=O)COC(=O)c2c(Cl)cccc2Cl)CC(CCc2cccc3ccccc23)=NO1. The molecule has 1 heterocycles. The molecule has 3 aromatic carbocycles. The highest BCUT2D eigenvalue weighted by Crippen LogP contribution is 2.31. The van der Waals surface area contributed by atoms with Crippen molar-refractivity contribution in [3.05, 3.63) is 81.8 Å². The third-order valence-electron chi connectivity index (χ3n) is 6.97. The van der Waals surface area contributed by atoms with Gasteiger partial charge < -0.3 is 20.0 Å². The first kappa shape index (κ1) is 30.0. The number of hydrogen-bond donors (Lipinski definition) is 2. The third-order valence-corrected chi connectivity index (χ3v) is 7.60. The normalized spacial score (nSPS) is 16.9. The van der Waals surface area contributed by atoms with Crippen LogP contribution in [0, 0.1) is 0 Å². The van der Waals surface area contributed by atoms with E-state index in [0.717, 1.165) is 16.3 Å². The molecule has 214 valence electrons. The Hall–Kier alpha value is -3.95. The number of aliphatic carboxylic acids is 1. The molecule has 2 unspecified atom stereocenters. The summed E-state index contributed by atoms with van der Waals surface area (Å²) in [5, 5.41) is 18.3. The second kappa shape index (κ2) is 13.1. The fraction of sp³-hybridized carbons (Fsp3) is 0.300. The molecule has 1 amide bonds. The summed E-state index contributed by atoms with van der Waals surface area (Å²) < 4.78 is 5.04. The maximum absolute atomic E-state index is 13.3. The summed E-state index contributed by atoms with van der Waals surface area (Å²) >= 11 is 12.0. The fourth-order valence-corrected chi connectivity index (χ4v) is 5.21. The van der Waals surface area contributed by atoms with Gasteiger partial charge in [-0.2, -0.15) is 0 Å². The van der Waals surface area contributed by atoms with Crippen LogP contribution in [0.1, 0.15) is 48.5 Å². The molecule has 3 aromatic rings. The first-order valence-corrected chi connectivity index (χ1v) is 13.8. The molecule has 0 aromatic heterocycles. The summed E-state index contributed by atoms with van der Waals surface area (Å²) in [5.41, 5.74) is 0.304. The number of nitrogens with zero attached hydrogens (tertiary/aromatic N) is 1.